The molecular weight excluding hydrogens is 399 g/mol. The summed E-state index contributed by atoms with van der Waals surface area (Å²) in [4.78, 5) is 20.4. The summed E-state index contributed by atoms with van der Waals surface area (Å²) >= 11 is 1.23. The summed E-state index contributed by atoms with van der Waals surface area (Å²) in [6, 6.07) is 19.5. The lowest BCUT2D eigenvalue weighted by Crippen LogP contribution is -2.27. The molecular formula is C24H17FN2O2S. The predicted octanol–water partition coefficient (Wildman–Crippen LogP) is 6.23. The van der Waals surface area contributed by atoms with Gasteiger partial charge in [-0.25, -0.2) is 4.79 Å². The largest absolute Gasteiger partial charge is 0.364 e. The smallest absolute Gasteiger partial charge is 0.263 e. The summed E-state index contributed by atoms with van der Waals surface area (Å²) in [7, 11) is 0. The minimum atomic E-state index is -1.07. The molecule has 0 atom stereocenters. The van der Waals surface area contributed by atoms with Gasteiger partial charge in [-0.1, -0.05) is 36.4 Å². The van der Waals surface area contributed by atoms with Gasteiger partial charge in [0.15, 0.2) is 0 Å². The molecule has 3 aromatic carbocycles. The second kappa shape index (κ2) is 7.77. The molecule has 148 valence electrons. The zero-order valence-corrected chi connectivity index (χ0v) is 17.2. The van der Waals surface area contributed by atoms with E-state index in [-0.39, 0.29) is 0 Å². The average molecular weight is 416 g/mol. The molecule has 0 N–H and O–H groups in total. The summed E-state index contributed by atoms with van der Waals surface area (Å²) in [6.45, 7) is 3.23. The van der Waals surface area contributed by atoms with Crippen molar-refractivity contribution in [1.82, 2.24) is 4.98 Å². The summed E-state index contributed by atoms with van der Waals surface area (Å²) in [6.07, 6.45) is 3.58. The molecule has 0 aliphatic heterocycles. The first-order valence-corrected chi connectivity index (χ1v) is 10.1. The van der Waals surface area contributed by atoms with Crippen LogP contribution in [0.1, 0.15) is 19.4 Å². The maximum absolute atomic E-state index is 12.4. The molecule has 4 aromatic rings. The number of fused-ring (bicyclic) bond motifs is 2. The van der Waals surface area contributed by atoms with E-state index in [4.69, 9.17) is 0 Å². The van der Waals surface area contributed by atoms with Crippen LogP contribution in [0.2, 0.25) is 0 Å². The van der Waals surface area contributed by atoms with Crippen LogP contribution in [0.15, 0.2) is 71.9 Å². The van der Waals surface area contributed by atoms with Crippen molar-refractivity contribution >= 4 is 39.3 Å². The van der Waals surface area contributed by atoms with Gasteiger partial charge in [0, 0.05) is 38.2 Å². The Labute approximate surface area is 177 Å². The van der Waals surface area contributed by atoms with Gasteiger partial charge in [0.05, 0.1) is 11.6 Å². The number of hydrogen-bond acceptors (Lipinski definition) is 5. The molecule has 0 bridgehead atoms. The third-order valence-electron chi connectivity index (χ3n) is 5.00. The van der Waals surface area contributed by atoms with Gasteiger partial charge in [-0.3, -0.25) is 9.93 Å². The number of benzene rings is 3. The minimum Gasteiger partial charge on any atom is -0.263 e. The first kappa shape index (κ1) is 19.9. The van der Waals surface area contributed by atoms with E-state index < -0.39 is 10.7 Å². The quantitative estimate of drug-likeness (QED) is 0.369. The van der Waals surface area contributed by atoms with Crippen LogP contribution in [0.3, 0.4) is 0 Å². The molecule has 0 aliphatic rings. The van der Waals surface area contributed by atoms with Gasteiger partial charge in [-0.2, -0.15) is 5.26 Å². The summed E-state index contributed by atoms with van der Waals surface area (Å²) in [5.41, 5.74) is 2.50. The lowest BCUT2D eigenvalue weighted by atomic mass is 9.93. The Morgan fingerprint density at radius 3 is 2.53 bits per heavy atom. The number of pyridine rings is 1. The van der Waals surface area contributed by atoms with E-state index in [0.717, 1.165) is 37.6 Å². The van der Waals surface area contributed by atoms with Gasteiger partial charge in [0.2, 0.25) is 0 Å². The maximum Gasteiger partial charge on any atom is 0.364 e. The van der Waals surface area contributed by atoms with Gasteiger partial charge in [-0.15, -0.1) is 11.8 Å². The Morgan fingerprint density at radius 1 is 1.03 bits per heavy atom. The maximum atomic E-state index is 12.4. The van der Waals surface area contributed by atoms with E-state index >= 15 is 0 Å². The number of aromatic nitrogens is 1. The number of nitriles is 1. The zero-order valence-electron chi connectivity index (χ0n) is 16.3. The van der Waals surface area contributed by atoms with Crippen molar-refractivity contribution in [2.24, 2.45) is 0 Å². The first-order valence-electron chi connectivity index (χ1n) is 9.26. The van der Waals surface area contributed by atoms with Crippen LogP contribution >= 0.6 is 11.8 Å². The van der Waals surface area contributed by atoms with E-state index in [1.54, 1.807) is 26.2 Å². The molecule has 0 radical (unpaired) electrons. The van der Waals surface area contributed by atoms with Gasteiger partial charge in [0.1, 0.15) is 4.75 Å². The highest BCUT2D eigenvalue weighted by atomic mass is 32.2. The van der Waals surface area contributed by atoms with E-state index in [1.165, 1.54) is 11.8 Å². The fourth-order valence-corrected chi connectivity index (χ4v) is 4.50. The highest BCUT2D eigenvalue weighted by Gasteiger charge is 2.32. The minimum absolute atomic E-state index is 0.616. The van der Waals surface area contributed by atoms with Crippen molar-refractivity contribution < 1.29 is 14.3 Å². The van der Waals surface area contributed by atoms with Crippen molar-refractivity contribution in [2.45, 2.75) is 23.5 Å². The summed E-state index contributed by atoms with van der Waals surface area (Å²) < 4.78 is 11.4. The molecule has 0 fully saturated rings. The molecule has 0 amide bonds. The van der Waals surface area contributed by atoms with Gasteiger partial charge in [0.25, 0.3) is 0 Å². The number of carbonyl (C=O) groups excluding carboxylic acids is 1. The molecule has 0 spiro atoms. The highest BCUT2D eigenvalue weighted by Crippen LogP contribution is 2.39. The topological polar surface area (TPSA) is 63.0 Å². The number of thioether (sulfide) groups is 1. The SMILES string of the molecule is CC(C)(Sc1ccc2cncc(-c3ccc(C#N)c4ccccc34)c2c1)C(=O)OF. The van der Waals surface area contributed by atoms with Crippen molar-refractivity contribution in [3.63, 3.8) is 0 Å². The van der Waals surface area contributed by atoms with Crippen molar-refractivity contribution in [3.8, 4) is 17.2 Å². The Hall–Kier alpha value is -3.43. The van der Waals surface area contributed by atoms with Crippen LogP contribution < -0.4 is 0 Å². The average Bonchev–Trinajstić information content (AvgIpc) is 2.77. The van der Waals surface area contributed by atoms with Crippen LogP contribution in [0.4, 0.5) is 4.53 Å². The Balaban J connectivity index is 1.90. The van der Waals surface area contributed by atoms with E-state index in [9.17, 15) is 14.6 Å². The van der Waals surface area contributed by atoms with Crippen LogP contribution in [0.5, 0.6) is 0 Å². The molecule has 0 unspecified atom stereocenters. The second-order valence-electron chi connectivity index (χ2n) is 7.37. The van der Waals surface area contributed by atoms with Gasteiger partial charge < -0.3 is 0 Å². The van der Waals surface area contributed by atoms with Crippen LogP contribution in [-0.2, 0) is 9.74 Å². The Bertz CT molecular complexity index is 1330. The molecule has 1 aromatic heterocycles. The Morgan fingerprint density at radius 2 is 1.80 bits per heavy atom. The third-order valence-corrected chi connectivity index (χ3v) is 6.17. The second-order valence-corrected chi connectivity index (χ2v) is 9.06. The summed E-state index contributed by atoms with van der Waals surface area (Å²) in [5.74, 6) is -0.930. The van der Waals surface area contributed by atoms with Crippen LogP contribution in [-0.4, -0.2) is 15.7 Å². The first-order chi connectivity index (χ1) is 14.4. The number of hydrogen-bond donors (Lipinski definition) is 0. The molecule has 0 aliphatic carbocycles. The normalized spacial score (nSPS) is 11.4. The van der Waals surface area contributed by atoms with Gasteiger partial charge in [-0.05, 0) is 48.4 Å². The lowest BCUT2D eigenvalue weighted by Gasteiger charge is -2.19. The van der Waals surface area contributed by atoms with E-state index in [0.29, 0.717) is 5.56 Å². The molecule has 0 saturated carbocycles. The predicted molar refractivity (Wildman–Crippen MR) is 117 cm³/mol. The number of nitrogens with zero attached hydrogens (tertiary/aromatic N) is 2. The fourth-order valence-electron chi connectivity index (χ4n) is 3.48. The number of carbonyl (C=O) groups is 1. The molecule has 1 heterocycles. The highest BCUT2D eigenvalue weighted by molar-refractivity contribution is 8.01. The number of halogens is 1. The monoisotopic (exact) mass is 416 g/mol. The van der Waals surface area contributed by atoms with Crippen molar-refractivity contribution in [3.05, 3.63) is 72.6 Å². The fraction of sp³-hybridized carbons (Fsp3) is 0.125. The van der Waals surface area contributed by atoms with Gasteiger partial charge >= 0.3 is 5.97 Å². The molecule has 6 heteroatoms. The zero-order chi connectivity index (χ0) is 21.3. The van der Waals surface area contributed by atoms with E-state index in [1.807, 2.05) is 54.6 Å². The summed E-state index contributed by atoms with van der Waals surface area (Å²) in [5, 5.41) is 13.2. The molecule has 4 nitrogen and oxygen atoms in total. The third kappa shape index (κ3) is 3.49. The van der Waals surface area contributed by atoms with Crippen molar-refractivity contribution in [2.75, 3.05) is 0 Å². The lowest BCUT2D eigenvalue weighted by molar-refractivity contribution is -0.185. The molecule has 30 heavy (non-hydrogen) atoms. The Kier molecular flexibility index (Phi) is 5.15. The number of rotatable bonds is 4. The van der Waals surface area contributed by atoms with Crippen molar-refractivity contribution in [1.29, 1.82) is 5.26 Å². The molecule has 4 rings (SSSR count). The standard InChI is InChI=1S/C24H17FN2O2S/c1-24(2,23(28)29-25)30-17-9-7-16-13-27-14-22(21(16)11-17)20-10-8-15(12-26)18-5-3-4-6-19(18)20/h3-11,13-14H,1-2H3. The van der Waals surface area contributed by atoms with E-state index in [2.05, 4.69) is 16.0 Å². The van der Waals surface area contributed by atoms with Crippen LogP contribution in [0, 0.1) is 11.3 Å². The van der Waals surface area contributed by atoms with Crippen LogP contribution in [0.25, 0.3) is 32.7 Å². The molecule has 0 saturated heterocycles.